The number of nitrogens with zero attached hydrogens (tertiary/aromatic N) is 3. The van der Waals surface area contributed by atoms with Gasteiger partial charge in [-0.2, -0.15) is 0 Å². The summed E-state index contributed by atoms with van der Waals surface area (Å²) in [6, 6.07) is 2.70. The van der Waals surface area contributed by atoms with Crippen LogP contribution in [0, 0.1) is 53.5 Å². The summed E-state index contributed by atoms with van der Waals surface area (Å²) in [6.45, 7) is 0.949. The molecule has 22 heteroatoms. The molecule has 0 spiro atoms. The van der Waals surface area contributed by atoms with Crippen molar-refractivity contribution < 1.29 is 94.8 Å². The second-order valence-corrected chi connectivity index (χ2v) is 13.3. The van der Waals surface area contributed by atoms with Gasteiger partial charge in [-0.25, -0.2) is 9.59 Å². The molecule has 21 nitrogen and oxygen atoms in total. The maximum atomic E-state index is 12.8. The number of aromatic hydroxyl groups is 3. The van der Waals surface area contributed by atoms with E-state index >= 15 is 0 Å². The summed E-state index contributed by atoms with van der Waals surface area (Å²) in [5.74, 6) is -8.84. The minimum atomic E-state index is -2.33. The standard InChI is InChI=1S/C26H36N4O10.C10H13N2O5.La/c1-39-12-10-29-8-6-17(31)19(33)21(29)25(27,23(35)36)15-4-3-5-16(14-15)26(28,24(37)38)22-20(34)18(32)7-9-30(22)11-13-40-2;1-17-5-4-12-3-2-6(13)9(14)8(12)7(11)10(15)16;/h6-9,15-16,33-34H,3-5,10-14,27-28H2,1-2H3,(H,35,36)(H,37,38);2-3,14H,4-5,11H2,1H3,(H,15,16);/q;-1;. The zero-order chi connectivity index (χ0) is 42.8. The minimum Gasteiger partial charge on any atom is -0.587 e. The van der Waals surface area contributed by atoms with Crippen molar-refractivity contribution in [1.82, 2.24) is 13.7 Å². The van der Waals surface area contributed by atoms with E-state index in [2.05, 4.69) is 0 Å². The Kier molecular flexibility index (Phi) is 18.4. The van der Waals surface area contributed by atoms with Gasteiger partial charge in [0.15, 0.2) is 22.6 Å². The number of aromatic nitrogens is 3. The van der Waals surface area contributed by atoms with Crippen LogP contribution < -0.4 is 33.5 Å². The van der Waals surface area contributed by atoms with Crippen LogP contribution in [0.15, 0.2) is 51.2 Å². The Balaban J connectivity index is 0.000000540. The second kappa shape index (κ2) is 21.5. The number of hydrogen-bond acceptors (Lipinski definition) is 15. The molecule has 58 heavy (non-hydrogen) atoms. The summed E-state index contributed by atoms with van der Waals surface area (Å²) in [4.78, 5) is 72.4. The van der Waals surface area contributed by atoms with Gasteiger partial charge in [0.25, 0.3) is 5.97 Å². The van der Waals surface area contributed by atoms with Crippen LogP contribution in [-0.2, 0) is 59.3 Å². The summed E-state index contributed by atoms with van der Waals surface area (Å²) in [6.07, 6.45) is 4.50. The Morgan fingerprint density at radius 3 is 1.38 bits per heavy atom. The summed E-state index contributed by atoms with van der Waals surface area (Å²) in [5.41, 5.74) is 10.6. The van der Waals surface area contributed by atoms with Gasteiger partial charge in [0.1, 0.15) is 5.43 Å². The Labute approximate surface area is 359 Å². The molecule has 3 aromatic heterocycles. The number of carbonyl (C=O) groups is 3. The molecule has 4 unspecified atom stereocenters. The average molecular weight is 945 g/mol. The molecule has 1 saturated carbocycles. The summed E-state index contributed by atoms with van der Waals surface area (Å²) in [5, 5.41) is 60.7. The monoisotopic (exact) mass is 944 g/mol. The van der Waals surface area contributed by atoms with Crippen LogP contribution in [0.4, 0.5) is 0 Å². The fourth-order valence-electron chi connectivity index (χ4n) is 7.03. The van der Waals surface area contributed by atoms with Crippen molar-refractivity contribution >= 4 is 17.9 Å². The first kappa shape index (κ1) is 49.6. The minimum absolute atomic E-state index is 0. The van der Waals surface area contributed by atoms with Gasteiger partial charge in [-0.15, -0.1) is 0 Å². The van der Waals surface area contributed by atoms with E-state index in [1.807, 2.05) is 0 Å². The number of aliphatic carboxylic acids is 3. The van der Waals surface area contributed by atoms with Crippen LogP contribution in [0.25, 0.3) is 0 Å². The van der Waals surface area contributed by atoms with Gasteiger partial charge >= 0.3 is 11.9 Å². The predicted octanol–water partition coefficient (Wildman–Crippen LogP) is -1.18. The number of methoxy groups -OCH3 is 3. The van der Waals surface area contributed by atoms with E-state index in [0.717, 1.165) is 18.2 Å². The van der Waals surface area contributed by atoms with Crippen molar-refractivity contribution in [3.8, 4) is 17.2 Å². The van der Waals surface area contributed by atoms with Gasteiger partial charge in [0.2, 0.25) is 10.9 Å². The number of carboxylic acid groups (broad SMARTS) is 3. The Morgan fingerprint density at radius 2 is 1.03 bits per heavy atom. The zero-order valence-corrected chi connectivity index (χ0v) is 35.8. The van der Waals surface area contributed by atoms with Gasteiger partial charge in [0.05, 0.1) is 31.2 Å². The van der Waals surface area contributed by atoms with E-state index in [9.17, 15) is 54.3 Å². The molecule has 0 amide bonds. The number of carboxylic acids is 3. The fourth-order valence-corrected chi connectivity index (χ4v) is 7.03. The SMILES string of the molecule is COCCn1ccc(=O)c(O)c1C(N)(C(=O)O)C1CCCC(C(N)(C(=O)O)c2c(O)c(=O)ccn2CCOC)C1.COCCn1ccc(=O)c(O)c1[C-](N)C(=O)O.[La]. The molecule has 3 aromatic rings. The molecular weight excluding hydrogens is 895 g/mol. The van der Waals surface area contributed by atoms with E-state index in [-0.39, 0.29) is 105 Å². The van der Waals surface area contributed by atoms with Crippen LogP contribution in [-0.4, -0.2) is 103 Å². The van der Waals surface area contributed by atoms with Crippen molar-refractivity contribution in [2.45, 2.75) is 56.4 Å². The van der Waals surface area contributed by atoms with E-state index < -0.39 is 80.4 Å². The predicted molar refractivity (Wildman–Crippen MR) is 199 cm³/mol. The van der Waals surface area contributed by atoms with Crippen LogP contribution >= 0.6 is 0 Å². The first-order chi connectivity index (χ1) is 26.8. The molecule has 1 fully saturated rings. The first-order valence-corrected chi connectivity index (χ1v) is 17.5. The van der Waals surface area contributed by atoms with Crippen LogP contribution in [0.3, 0.4) is 0 Å². The summed E-state index contributed by atoms with van der Waals surface area (Å²) < 4.78 is 19.0. The van der Waals surface area contributed by atoms with Crippen molar-refractivity contribution in [3.05, 3.63) is 90.6 Å². The average Bonchev–Trinajstić information content (AvgIpc) is 3.18. The number of rotatable bonds is 17. The number of hydrogen-bond donors (Lipinski definition) is 9. The van der Waals surface area contributed by atoms with Gasteiger partial charge in [-0.3, -0.25) is 14.4 Å². The largest absolute Gasteiger partial charge is 0.587 e. The van der Waals surface area contributed by atoms with Crippen molar-refractivity contribution in [1.29, 1.82) is 0 Å². The van der Waals surface area contributed by atoms with Crippen LogP contribution in [0.1, 0.15) is 42.8 Å². The van der Waals surface area contributed by atoms with Gasteiger partial charge in [-0.05, 0) is 43.2 Å². The molecule has 0 aliphatic heterocycles. The molecule has 1 aliphatic rings. The molecule has 0 bridgehead atoms. The zero-order valence-electron chi connectivity index (χ0n) is 32.2. The number of nitrogens with two attached hydrogens (primary N) is 3. The fraction of sp³-hybridized carbons (Fsp3) is 0.472. The molecular formula is C36H49LaN6O15-. The quantitative estimate of drug-likeness (QED) is 0.0719. The molecule has 4 rings (SSSR count). The van der Waals surface area contributed by atoms with Crippen LogP contribution in [0.5, 0.6) is 17.2 Å². The van der Waals surface area contributed by atoms with Gasteiger partial charge < -0.3 is 80.5 Å². The number of pyridine rings is 3. The van der Waals surface area contributed by atoms with Crippen molar-refractivity contribution in [3.63, 3.8) is 0 Å². The molecule has 12 N–H and O–H groups in total. The normalized spacial score (nSPS) is 17.1. The van der Waals surface area contributed by atoms with E-state index in [1.54, 1.807) is 0 Å². The van der Waals surface area contributed by atoms with Crippen molar-refractivity contribution in [2.24, 2.45) is 29.0 Å². The third-order valence-corrected chi connectivity index (χ3v) is 10.0. The second-order valence-electron chi connectivity index (χ2n) is 13.3. The Bertz CT molecular complexity index is 2000. The Hall–Kier alpha value is -4.52. The number of ether oxygens (including phenoxy) is 3. The Morgan fingerprint density at radius 1 is 0.690 bits per heavy atom. The van der Waals surface area contributed by atoms with E-state index in [1.165, 1.54) is 53.6 Å². The van der Waals surface area contributed by atoms with E-state index in [0.29, 0.717) is 13.0 Å². The molecule has 317 valence electrons. The maximum Gasteiger partial charge on any atom is 0.330 e. The molecule has 4 atom stereocenters. The van der Waals surface area contributed by atoms with Crippen LogP contribution in [0.2, 0.25) is 0 Å². The van der Waals surface area contributed by atoms with Gasteiger partial charge in [0, 0.05) is 113 Å². The summed E-state index contributed by atoms with van der Waals surface area (Å²) in [7, 11) is 4.34. The maximum absolute atomic E-state index is 12.8. The van der Waals surface area contributed by atoms with Gasteiger partial charge in [-0.1, -0.05) is 12.1 Å². The molecule has 0 saturated heterocycles. The first-order valence-electron chi connectivity index (χ1n) is 17.5. The smallest absolute Gasteiger partial charge is 0.330 e. The van der Waals surface area contributed by atoms with E-state index in [4.69, 9.17) is 36.5 Å². The topological polar surface area (TPSA) is 344 Å². The molecule has 0 aromatic carbocycles. The third-order valence-electron chi connectivity index (χ3n) is 10.0. The molecule has 1 aliphatic carbocycles. The van der Waals surface area contributed by atoms with Crippen molar-refractivity contribution in [2.75, 3.05) is 41.2 Å². The third kappa shape index (κ3) is 10.4. The molecule has 3 heterocycles. The molecule has 1 radical (unpaired) electrons. The summed E-state index contributed by atoms with van der Waals surface area (Å²) >= 11 is 0.